The van der Waals surface area contributed by atoms with E-state index in [0.29, 0.717) is 55.1 Å². The molecule has 0 atom stereocenters. The van der Waals surface area contributed by atoms with Crippen LogP contribution >= 0.6 is 0 Å². The van der Waals surface area contributed by atoms with E-state index >= 15 is 0 Å². The number of anilines is 1. The standard InChI is InChI=1S/C21H25N3O5/c1-22-15-4-6-16(7-5-15)29-21-17-12-19(27-10-8-25-2)20(28-11-9-26-3)13-18(17)23-14-24-21/h4-7,12-14,22H,8-11H2,1-3H3. The van der Waals surface area contributed by atoms with Crippen molar-refractivity contribution in [3.63, 3.8) is 0 Å². The van der Waals surface area contributed by atoms with Crippen molar-refractivity contribution < 1.29 is 23.7 Å². The Labute approximate surface area is 169 Å². The van der Waals surface area contributed by atoms with Crippen molar-refractivity contribution in [2.75, 3.05) is 53.0 Å². The average Bonchev–Trinajstić information content (AvgIpc) is 2.75. The zero-order valence-electron chi connectivity index (χ0n) is 16.8. The Morgan fingerprint density at radius 2 is 1.48 bits per heavy atom. The Balaban J connectivity index is 1.92. The molecule has 8 nitrogen and oxygen atoms in total. The maximum atomic E-state index is 5.99. The van der Waals surface area contributed by atoms with E-state index in [2.05, 4.69) is 15.3 Å². The lowest BCUT2D eigenvalue weighted by molar-refractivity contribution is 0.132. The molecule has 154 valence electrons. The highest BCUT2D eigenvalue weighted by Crippen LogP contribution is 2.36. The summed E-state index contributed by atoms with van der Waals surface area (Å²) in [7, 11) is 5.11. The van der Waals surface area contributed by atoms with Gasteiger partial charge in [0.25, 0.3) is 0 Å². The van der Waals surface area contributed by atoms with E-state index in [9.17, 15) is 0 Å². The SMILES string of the molecule is CNc1ccc(Oc2ncnc3cc(OCCOC)c(OCCOC)cc23)cc1. The number of aromatic nitrogens is 2. The zero-order valence-corrected chi connectivity index (χ0v) is 16.8. The quantitative estimate of drug-likeness (QED) is 0.491. The van der Waals surface area contributed by atoms with E-state index in [1.54, 1.807) is 14.2 Å². The summed E-state index contributed by atoms with van der Waals surface area (Å²) >= 11 is 0. The molecule has 0 spiro atoms. The second-order valence-corrected chi connectivity index (χ2v) is 6.05. The highest BCUT2D eigenvalue weighted by Gasteiger charge is 2.14. The zero-order chi connectivity index (χ0) is 20.5. The molecule has 3 aromatic rings. The molecular weight excluding hydrogens is 374 g/mol. The van der Waals surface area contributed by atoms with Gasteiger partial charge in [0.1, 0.15) is 25.3 Å². The summed E-state index contributed by atoms with van der Waals surface area (Å²) in [4.78, 5) is 8.64. The van der Waals surface area contributed by atoms with Gasteiger partial charge in [0.05, 0.1) is 24.1 Å². The smallest absolute Gasteiger partial charge is 0.230 e. The van der Waals surface area contributed by atoms with Gasteiger partial charge in [0.2, 0.25) is 5.88 Å². The minimum atomic E-state index is 0.387. The molecule has 0 radical (unpaired) electrons. The van der Waals surface area contributed by atoms with Gasteiger partial charge in [0, 0.05) is 33.0 Å². The van der Waals surface area contributed by atoms with Crippen molar-refractivity contribution in [2.24, 2.45) is 0 Å². The van der Waals surface area contributed by atoms with Gasteiger partial charge < -0.3 is 29.0 Å². The summed E-state index contributed by atoms with van der Waals surface area (Å²) in [5.74, 6) is 2.25. The summed E-state index contributed by atoms with van der Waals surface area (Å²) in [6, 6.07) is 11.2. The molecule has 0 aliphatic rings. The first-order valence-electron chi connectivity index (χ1n) is 9.23. The summed E-state index contributed by atoms with van der Waals surface area (Å²) in [5, 5.41) is 3.80. The molecular formula is C21H25N3O5. The summed E-state index contributed by atoms with van der Waals surface area (Å²) in [6.07, 6.45) is 1.46. The predicted octanol–water partition coefficient (Wildman–Crippen LogP) is 3.51. The van der Waals surface area contributed by atoms with Crippen molar-refractivity contribution in [1.29, 1.82) is 0 Å². The lowest BCUT2D eigenvalue weighted by Crippen LogP contribution is -2.08. The van der Waals surface area contributed by atoms with Crippen molar-refractivity contribution in [3.8, 4) is 23.1 Å². The van der Waals surface area contributed by atoms with E-state index in [0.717, 1.165) is 11.1 Å². The largest absolute Gasteiger partial charge is 0.487 e. The molecule has 0 bridgehead atoms. The van der Waals surface area contributed by atoms with E-state index in [1.165, 1.54) is 6.33 Å². The van der Waals surface area contributed by atoms with Crippen LogP contribution in [0.15, 0.2) is 42.7 Å². The second kappa shape index (κ2) is 10.4. The van der Waals surface area contributed by atoms with Crippen LogP contribution in [0.1, 0.15) is 0 Å². The number of fused-ring (bicyclic) bond motifs is 1. The lowest BCUT2D eigenvalue weighted by atomic mass is 10.2. The summed E-state index contributed by atoms with van der Waals surface area (Å²) < 4.78 is 27.8. The van der Waals surface area contributed by atoms with Crippen LogP contribution in [-0.4, -0.2) is 57.7 Å². The minimum absolute atomic E-state index is 0.387. The van der Waals surface area contributed by atoms with Gasteiger partial charge in [-0.05, 0) is 30.3 Å². The van der Waals surface area contributed by atoms with Crippen LogP contribution in [0.2, 0.25) is 0 Å². The Morgan fingerprint density at radius 3 is 2.10 bits per heavy atom. The first-order chi connectivity index (χ1) is 14.2. The fourth-order valence-electron chi connectivity index (χ4n) is 2.62. The van der Waals surface area contributed by atoms with Crippen molar-refractivity contribution in [3.05, 3.63) is 42.7 Å². The van der Waals surface area contributed by atoms with E-state index in [4.69, 9.17) is 23.7 Å². The molecule has 0 saturated carbocycles. The van der Waals surface area contributed by atoms with Gasteiger partial charge in [-0.1, -0.05) is 0 Å². The van der Waals surface area contributed by atoms with Crippen LogP contribution < -0.4 is 19.5 Å². The van der Waals surface area contributed by atoms with Gasteiger partial charge in [-0.3, -0.25) is 0 Å². The molecule has 29 heavy (non-hydrogen) atoms. The first kappa shape index (κ1) is 20.6. The highest BCUT2D eigenvalue weighted by molar-refractivity contribution is 5.87. The number of ether oxygens (including phenoxy) is 5. The molecule has 1 aromatic heterocycles. The predicted molar refractivity (Wildman–Crippen MR) is 110 cm³/mol. The van der Waals surface area contributed by atoms with Crippen molar-refractivity contribution >= 4 is 16.6 Å². The van der Waals surface area contributed by atoms with Gasteiger partial charge >= 0.3 is 0 Å². The molecule has 0 aliphatic heterocycles. The highest BCUT2D eigenvalue weighted by atomic mass is 16.5. The van der Waals surface area contributed by atoms with Crippen LogP contribution in [0.3, 0.4) is 0 Å². The van der Waals surface area contributed by atoms with E-state index in [1.807, 2.05) is 43.4 Å². The van der Waals surface area contributed by atoms with Crippen molar-refractivity contribution in [2.45, 2.75) is 0 Å². The molecule has 3 rings (SSSR count). The molecule has 0 unspecified atom stereocenters. The Kier molecular flexibility index (Phi) is 7.43. The minimum Gasteiger partial charge on any atom is -0.487 e. The number of methoxy groups -OCH3 is 2. The summed E-state index contributed by atoms with van der Waals surface area (Å²) in [6.45, 7) is 1.71. The Bertz CT molecular complexity index is 918. The maximum absolute atomic E-state index is 5.99. The number of nitrogens with one attached hydrogen (secondary N) is 1. The Hall–Kier alpha value is -3.10. The van der Waals surface area contributed by atoms with Gasteiger partial charge in [-0.25, -0.2) is 9.97 Å². The number of hydrogen-bond acceptors (Lipinski definition) is 8. The molecule has 0 saturated heterocycles. The van der Waals surface area contributed by atoms with Crippen LogP contribution in [0, 0.1) is 0 Å². The van der Waals surface area contributed by atoms with Crippen LogP contribution in [0.5, 0.6) is 23.1 Å². The van der Waals surface area contributed by atoms with Crippen LogP contribution in [-0.2, 0) is 9.47 Å². The summed E-state index contributed by atoms with van der Waals surface area (Å²) in [5.41, 5.74) is 1.69. The first-order valence-corrected chi connectivity index (χ1v) is 9.23. The molecule has 8 heteroatoms. The average molecular weight is 399 g/mol. The second-order valence-electron chi connectivity index (χ2n) is 6.05. The Morgan fingerprint density at radius 1 is 0.828 bits per heavy atom. The van der Waals surface area contributed by atoms with Gasteiger partial charge in [-0.15, -0.1) is 0 Å². The number of rotatable bonds is 11. The molecule has 0 aliphatic carbocycles. The van der Waals surface area contributed by atoms with Crippen molar-refractivity contribution in [1.82, 2.24) is 9.97 Å². The fraction of sp³-hybridized carbons (Fsp3) is 0.333. The van der Waals surface area contributed by atoms with E-state index in [-0.39, 0.29) is 0 Å². The molecule has 2 aromatic carbocycles. The third-order valence-corrected chi connectivity index (χ3v) is 4.11. The molecule has 0 amide bonds. The monoisotopic (exact) mass is 399 g/mol. The lowest BCUT2D eigenvalue weighted by Gasteiger charge is -2.15. The number of nitrogens with zero attached hydrogens (tertiary/aromatic N) is 2. The van der Waals surface area contributed by atoms with Gasteiger partial charge in [-0.2, -0.15) is 0 Å². The topological polar surface area (TPSA) is 84.0 Å². The third kappa shape index (κ3) is 5.46. The van der Waals surface area contributed by atoms with Crippen LogP contribution in [0.25, 0.3) is 10.9 Å². The third-order valence-electron chi connectivity index (χ3n) is 4.11. The van der Waals surface area contributed by atoms with Crippen LogP contribution in [0.4, 0.5) is 5.69 Å². The maximum Gasteiger partial charge on any atom is 0.230 e. The fourth-order valence-corrected chi connectivity index (χ4v) is 2.62. The van der Waals surface area contributed by atoms with E-state index < -0.39 is 0 Å². The van der Waals surface area contributed by atoms with Gasteiger partial charge in [0.15, 0.2) is 11.5 Å². The number of benzene rings is 2. The normalized spacial score (nSPS) is 10.7. The molecule has 0 fully saturated rings. The molecule has 1 N–H and O–H groups in total. The molecule has 1 heterocycles. The number of hydrogen-bond donors (Lipinski definition) is 1.